The van der Waals surface area contributed by atoms with Gasteiger partial charge < -0.3 is 4.74 Å². The summed E-state index contributed by atoms with van der Waals surface area (Å²) in [5.74, 6) is -0.421. The maximum absolute atomic E-state index is 13.1. The number of hydrogen-bond donors (Lipinski definition) is 1. The number of aromatic nitrogens is 2. The molecule has 0 saturated carbocycles. The number of aromatic amines is 1. The van der Waals surface area contributed by atoms with Crippen molar-refractivity contribution in [1.29, 1.82) is 0 Å². The first kappa shape index (κ1) is 20.4. The summed E-state index contributed by atoms with van der Waals surface area (Å²) in [7, 11) is 0. The minimum absolute atomic E-state index is 0.00312. The van der Waals surface area contributed by atoms with Crippen LogP contribution < -0.4 is 10.3 Å². The molecule has 0 unspecified atom stereocenters. The molecule has 0 aliphatic heterocycles. The van der Waals surface area contributed by atoms with Crippen LogP contribution in [0.15, 0.2) is 64.4 Å². The molecule has 0 bridgehead atoms. The van der Waals surface area contributed by atoms with Gasteiger partial charge in [-0.05, 0) is 37.6 Å². The van der Waals surface area contributed by atoms with E-state index in [0.717, 1.165) is 6.42 Å². The van der Waals surface area contributed by atoms with Gasteiger partial charge in [0.15, 0.2) is 5.75 Å². The van der Waals surface area contributed by atoms with Crippen LogP contribution in [0, 0.1) is 0 Å². The van der Waals surface area contributed by atoms with Crippen molar-refractivity contribution in [1.82, 2.24) is 9.78 Å². The summed E-state index contributed by atoms with van der Waals surface area (Å²) >= 11 is 0. The molecule has 3 rings (SSSR count). The Hall–Kier alpha value is -3.29. The lowest BCUT2D eigenvalue weighted by molar-refractivity contribution is -0.274. The van der Waals surface area contributed by atoms with Crippen LogP contribution in [0.4, 0.5) is 18.9 Å². The van der Waals surface area contributed by atoms with E-state index in [4.69, 9.17) is 0 Å². The number of aryl methyl sites for hydroxylation is 1. The van der Waals surface area contributed by atoms with E-state index in [0.29, 0.717) is 29.1 Å². The van der Waals surface area contributed by atoms with Gasteiger partial charge in [-0.25, -0.2) is 9.67 Å². The highest BCUT2D eigenvalue weighted by Gasteiger charge is 2.32. The molecule has 0 spiro atoms. The number of ether oxygens (including phenoxy) is 1. The maximum Gasteiger partial charge on any atom is 0.573 e. The van der Waals surface area contributed by atoms with Crippen LogP contribution >= 0.6 is 0 Å². The fraction of sp³-hybridized carbons (Fsp3) is 0.238. The van der Waals surface area contributed by atoms with Gasteiger partial charge in [-0.3, -0.25) is 9.89 Å². The topological polar surface area (TPSA) is 59.4 Å². The Balaban J connectivity index is 2.09. The molecule has 2 aromatic carbocycles. The molecule has 0 saturated heterocycles. The molecule has 8 heteroatoms. The van der Waals surface area contributed by atoms with Gasteiger partial charge in [0.05, 0.1) is 17.0 Å². The Bertz CT molecular complexity index is 1070. The van der Waals surface area contributed by atoms with Crippen molar-refractivity contribution < 1.29 is 17.9 Å². The number of aliphatic imine (C=N–C) groups is 1. The Kier molecular flexibility index (Phi) is 5.91. The monoisotopic (exact) mass is 403 g/mol. The summed E-state index contributed by atoms with van der Waals surface area (Å²) in [5, 5.41) is 3.10. The van der Waals surface area contributed by atoms with Crippen LogP contribution in [0.1, 0.15) is 31.5 Å². The Morgan fingerprint density at radius 1 is 1.10 bits per heavy atom. The predicted molar refractivity (Wildman–Crippen MR) is 105 cm³/mol. The van der Waals surface area contributed by atoms with E-state index in [2.05, 4.69) is 14.8 Å². The molecule has 1 N–H and O–H groups in total. The Morgan fingerprint density at radius 2 is 1.76 bits per heavy atom. The lowest BCUT2D eigenvalue weighted by atomic mass is 10.1. The van der Waals surface area contributed by atoms with E-state index in [1.165, 1.54) is 22.9 Å². The molecule has 3 aromatic rings. The molecule has 1 aromatic heterocycles. The molecular weight excluding hydrogens is 383 g/mol. The van der Waals surface area contributed by atoms with Gasteiger partial charge >= 0.3 is 6.36 Å². The second-order valence-corrected chi connectivity index (χ2v) is 6.40. The summed E-state index contributed by atoms with van der Waals surface area (Å²) in [6, 6.07) is 14.6. The number of hydrogen-bond acceptors (Lipinski definition) is 3. The van der Waals surface area contributed by atoms with Crippen molar-refractivity contribution in [3.05, 3.63) is 76.2 Å². The van der Waals surface area contributed by atoms with Crippen molar-refractivity contribution in [2.24, 2.45) is 4.99 Å². The number of nitrogens with one attached hydrogen (secondary N) is 1. The molecule has 5 nitrogen and oxygen atoms in total. The zero-order chi connectivity index (χ0) is 21.0. The fourth-order valence-corrected chi connectivity index (χ4v) is 3.04. The normalized spacial score (nSPS) is 12.2. The van der Waals surface area contributed by atoms with Gasteiger partial charge in [-0.2, -0.15) is 0 Å². The number of para-hydroxylation sites is 3. The first-order valence-corrected chi connectivity index (χ1v) is 9.10. The summed E-state index contributed by atoms with van der Waals surface area (Å²) in [6.07, 6.45) is -3.46. The molecule has 0 fully saturated rings. The number of nitrogens with zero attached hydrogens (tertiary/aromatic N) is 2. The van der Waals surface area contributed by atoms with E-state index in [9.17, 15) is 18.0 Å². The largest absolute Gasteiger partial charge is 0.573 e. The van der Waals surface area contributed by atoms with Gasteiger partial charge in [0.1, 0.15) is 5.69 Å². The molecule has 0 aliphatic carbocycles. The molecule has 29 heavy (non-hydrogen) atoms. The molecular formula is C21H20F3N3O2. The van der Waals surface area contributed by atoms with Crippen molar-refractivity contribution in [3.63, 3.8) is 0 Å². The second-order valence-electron chi connectivity index (χ2n) is 6.40. The van der Waals surface area contributed by atoms with Crippen LogP contribution in [0.25, 0.3) is 5.69 Å². The number of alkyl halides is 3. The minimum Gasteiger partial charge on any atom is -0.403 e. The summed E-state index contributed by atoms with van der Waals surface area (Å²) in [6.45, 7) is 3.57. The van der Waals surface area contributed by atoms with Gasteiger partial charge in [-0.15, -0.1) is 13.2 Å². The second kappa shape index (κ2) is 8.38. The number of H-pyrrole nitrogens is 1. The molecule has 152 valence electrons. The zero-order valence-corrected chi connectivity index (χ0v) is 16.0. The Morgan fingerprint density at radius 3 is 2.41 bits per heavy atom. The fourth-order valence-electron chi connectivity index (χ4n) is 3.04. The molecule has 0 atom stereocenters. The van der Waals surface area contributed by atoms with Crippen LogP contribution in [-0.4, -0.2) is 21.9 Å². The van der Waals surface area contributed by atoms with E-state index in [1.54, 1.807) is 25.1 Å². The summed E-state index contributed by atoms with van der Waals surface area (Å²) in [4.78, 5) is 17.3. The van der Waals surface area contributed by atoms with Crippen LogP contribution in [0.3, 0.4) is 0 Å². The highest BCUT2D eigenvalue weighted by atomic mass is 19.4. The third-order valence-corrected chi connectivity index (χ3v) is 4.22. The van der Waals surface area contributed by atoms with Crippen LogP contribution in [0.5, 0.6) is 5.75 Å². The van der Waals surface area contributed by atoms with Crippen LogP contribution in [-0.2, 0) is 6.42 Å². The van der Waals surface area contributed by atoms with Crippen LogP contribution in [0.2, 0.25) is 0 Å². The van der Waals surface area contributed by atoms with Crippen molar-refractivity contribution in [2.45, 2.75) is 33.1 Å². The third kappa shape index (κ3) is 4.77. The van der Waals surface area contributed by atoms with E-state index in [1.807, 2.05) is 25.1 Å². The maximum atomic E-state index is 13.1. The molecule has 0 amide bonds. The third-order valence-electron chi connectivity index (χ3n) is 4.22. The van der Waals surface area contributed by atoms with Gasteiger partial charge in [0, 0.05) is 5.69 Å². The number of halogens is 3. The number of rotatable bonds is 6. The Labute approximate surface area is 165 Å². The molecule has 0 aliphatic rings. The lowest BCUT2D eigenvalue weighted by Gasteiger charge is -2.11. The van der Waals surface area contributed by atoms with Crippen molar-refractivity contribution >= 4 is 11.4 Å². The van der Waals surface area contributed by atoms with E-state index < -0.39 is 12.1 Å². The minimum atomic E-state index is -4.83. The lowest BCUT2D eigenvalue weighted by Crippen LogP contribution is -2.20. The average molecular weight is 403 g/mol. The smallest absolute Gasteiger partial charge is 0.403 e. The first-order chi connectivity index (χ1) is 13.8. The van der Waals surface area contributed by atoms with E-state index in [-0.39, 0.29) is 11.2 Å². The highest BCUT2D eigenvalue weighted by molar-refractivity contribution is 6.01. The van der Waals surface area contributed by atoms with Gasteiger partial charge in [-0.1, -0.05) is 43.7 Å². The SMILES string of the molecule is CCCc1[nH]n(-c2ccccc2)c(=O)c1C(C)=Nc1ccccc1OC(F)(F)F. The predicted octanol–water partition coefficient (Wildman–Crippen LogP) is 5.16. The van der Waals surface area contributed by atoms with Crippen molar-refractivity contribution in [2.75, 3.05) is 0 Å². The highest BCUT2D eigenvalue weighted by Crippen LogP contribution is 2.32. The molecule has 1 heterocycles. The quantitative estimate of drug-likeness (QED) is 0.578. The first-order valence-electron chi connectivity index (χ1n) is 9.10. The summed E-state index contributed by atoms with van der Waals surface area (Å²) < 4.78 is 43.5. The zero-order valence-electron chi connectivity index (χ0n) is 16.0. The molecule has 0 radical (unpaired) electrons. The van der Waals surface area contributed by atoms with E-state index >= 15 is 0 Å². The summed E-state index contributed by atoms with van der Waals surface area (Å²) in [5.41, 5.74) is 1.68. The number of benzene rings is 2. The van der Waals surface area contributed by atoms with Crippen molar-refractivity contribution in [3.8, 4) is 11.4 Å². The standard InChI is InChI=1S/C21H20F3N3O2/c1-3-9-17-19(20(28)27(26-17)15-10-5-4-6-11-15)14(2)25-16-12-7-8-13-18(16)29-21(22,23)24/h4-8,10-13,26H,3,9H2,1-2H3. The van der Waals surface area contributed by atoms with Gasteiger partial charge in [0.25, 0.3) is 5.56 Å². The average Bonchev–Trinajstić information content (AvgIpc) is 2.99. The van der Waals surface area contributed by atoms with Gasteiger partial charge in [0.2, 0.25) is 0 Å².